The highest BCUT2D eigenvalue weighted by atomic mass is 32.1. The van der Waals surface area contributed by atoms with E-state index < -0.39 is 0 Å². The van der Waals surface area contributed by atoms with Crippen molar-refractivity contribution in [1.29, 1.82) is 0 Å². The molecule has 0 heterocycles. The summed E-state index contributed by atoms with van der Waals surface area (Å²) in [5.74, 6) is 0.940. The van der Waals surface area contributed by atoms with Crippen molar-refractivity contribution in [3.63, 3.8) is 0 Å². The van der Waals surface area contributed by atoms with Gasteiger partial charge in [0, 0.05) is 12.6 Å². The monoisotopic (exact) mass is 250 g/mol. The van der Waals surface area contributed by atoms with Crippen LogP contribution in [-0.2, 0) is 6.42 Å². The molecule has 2 N–H and O–H groups in total. The zero-order chi connectivity index (χ0) is 12.1. The molecule has 2 rings (SSSR count). The van der Waals surface area contributed by atoms with Crippen LogP contribution in [0.5, 0.6) is 5.75 Å². The van der Waals surface area contributed by atoms with Crippen molar-refractivity contribution in [3.8, 4) is 5.75 Å². The molecule has 1 aromatic rings. The zero-order valence-electron chi connectivity index (χ0n) is 10.0. The van der Waals surface area contributed by atoms with Crippen LogP contribution >= 0.6 is 12.2 Å². The van der Waals surface area contributed by atoms with E-state index in [2.05, 4.69) is 16.7 Å². The number of para-hydroxylation sites is 1. The number of hydrogen-bond acceptors (Lipinski definition) is 2. The van der Waals surface area contributed by atoms with Crippen molar-refractivity contribution in [2.24, 2.45) is 0 Å². The van der Waals surface area contributed by atoms with Gasteiger partial charge in [0.2, 0.25) is 0 Å². The average Bonchev–Trinajstić information content (AvgIpc) is 3.13. The summed E-state index contributed by atoms with van der Waals surface area (Å²) in [6, 6.07) is 8.68. The molecule has 1 fully saturated rings. The predicted molar refractivity (Wildman–Crippen MR) is 73.5 cm³/mol. The minimum Gasteiger partial charge on any atom is -0.496 e. The molecule has 1 aromatic carbocycles. The summed E-state index contributed by atoms with van der Waals surface area (Å²) < 4.78 is 5.30. The minimum absolute atomic E-state index is 0.612. The van der Waals surface area contributed by atoms with Crippen LogP contribution in [0.2, 0.25) is 0 Å². The molecule has 0 unspecified atom stereocenters. The van der Waals surface area contributed by atoms with E-state index in [1.54, 1.807) is 7.11 Å². The van der Waals surface area contributed by atoms with Crippen LogP contribution in [0.3, 0.4) is 0 Å². The fraction of sp³-hybridized carbons (Fsp3) is 0.462. The van der Waals surface area contributed by atoms with Crippen molar-refractivity contribution in [1.82, 2.24) is 10.6 Å². The highest BCUT2D eigenvalue weighted by Gasteiger charge is 2.21. The lowest BCUT2D eigenvalue weighted by molar-refractivity contribution is 0.409. The number of methoxy groups -OCH3 is 1. The maximum absolute atomic E-state index is 5.30. The number of nitrogens with one attached hydrogen (secondary N) is 2. The van der Waals surface area contributed by atoms with Gasteiger partial charge in [-0.15, -0.1) is 0 Å². The number of benzene rings is 1. The van der Waals surface area contributed by atoms with Gasteiger partial charge in [-0.05, 0) is 43.1 Å². The van der Waals surface area contributed by atoms with Crippen molar-refractivity contribution in [3.05, 3.63) is 29.8 Å². The summed E-state index contributed by atoms with van der Waals surface area (Å²) in [6.45, 7) is 0.832. The zero-order valence-corrected chi connectivity index (χ0v) is 10.8. The highest BCUT2D eigenvalue weighted by Crippen LogP contribution is 2.18. The van der Waals surface area contributed by atoms with Gasteiger partial charge in [-0.1, -0.05) is 18.2 Å². The minimum atomic E-state index is 0.612. The van der Waals surface area contributed by atoms with Gasteiger partial charge in [0.1, 0.15) is 5.75 Å². The van der Waals surface area contributed by atoms with Gasteiger partial charge in [-0.25, -0.2) is 0 Å². The lowest BCUT2D eigenvalue weighted by atomic mass is 10.1. The summed E-state index contributed by atoms with van der Waals surface area (Å²) in [4.78, 5) is 0. The van der Waals surface area contributed by atoms with Crippen molar-refractivity contribution >= 4 is 17.3 Å². The maximum Gasteiger partial charge on any atom is 0.166 e. The molecule has 92 valence electrons. The average molecular weight is 250 g/mol. The third-order valence-corrected chi connectivity index (χ3v) is 3.05. The Balaban J connectivity index is 1.74. The molecule has 4 heteroatoms. The quantitative estimate of drug-likeness (QED) is 0.782. The smallest absolute Gasteiger partial charge is 0.166 e. The van der Waals surface area contributed by atoms with Crippen molar-refractivity contribution in [2.75, 3.05) is 13.7 Å². The van der Waals surface area contributed by atoms with Crippen LogP contribution in [-0.4, -0.2) is 24.8 Å². The molecule has 1 aliphatic rings. The second-order valence-corrected chi connectivity index (χ2v) is 4.64. The van der Waals surface area contributed by atoms with Crippen LogP contribution in [0.25, 0.3) is 0 Å². The molecule has 0 amide bonds. The van der Waals surface area contributed by atoms with E-state index in [-0.39, 0.29) is 0 Å². The Morgan fingerprint density at radius 1 is 1.41 bits per heavy atom. The van der Waals surface area contributed by atoms with E-state index >= 15 is 0 Å². The molecule has 0 spiro atoms. The summed E-state index contributed by atoms with van der Waals surface area (Å²) in [7, 11) is 1.70. The molecular formula is C13H18N2OS. The Bertz CT molecular complexity index is 391. The van der Waals surface area contributed by atoms with E-state index in [1.165, 1.54) is 18.4 Å². The first-order valence-corrected chi connectivity index (χ1v) is 6.36. The van der Waals surface area contributed by atoms with Gasteiger partial charge < -0.3 is 15.4 Å². The Morgan fingerprint density at radius 2 is 2.18 bits per heavy atom. The molecule has 0 aliphatic heterocycles. The van der Waals surface area contributed by atoms with Gasteiger partial charge in [-0.3, -0.25) is 0 Å². The Morgan fingerprint density at radius 3 is 2.88 bits per heavy atom. The lowest BCUT2D eigenvalue weighted by Crippen LogP contribution is -2.37. The van der Waals surface area contributed by atoms with Crippen LogP contribution in [0.1, 0.15) is 18.4 Å². The van der Waals surface area contributed by atoms with Crippen molar-refractivity contribution < 1.29 is 4.74 Å². The number of rotatable bonds is 5. The molecule has 0 bridgehead atoms. The van der Waals surface area contributed by atoms with Gasteiger partial charge in [0.15, 0.2) is 5.11 Å². The molecule has 1 saturated carbocycles. The fourth-order valence-electron chi connectivity index (χ4n) is 1.68. The molecule has 1 aliphatic carbocycles. The summed E-state index contributed by atoms with van der Waals surface area (Å²) in [6.07, 6.45) is 3.40. The van der Waals surface area contributed by atoms with E-state index in [1.807, 2.05) is 18.2 Å². The third-order valence-electron chi connectivity index (χ3n) is 2.78. The van der Waals surface area contributed by atoms with Gasteiger partial charge >= 0.3 is 0 Å². The summed E-state index contributed by atoms with van der Waals surface area (Å²) in [5, 5.41) is 7.24. The lowest BCUT2D eigenvalue weighted by Gasteiger charge is -2.11. The fourth-order valence-corrected chi connectivity index (χ4v) is 1.95. The van der Waals surface area contributed by atoms with E-state index in [0.717, 1.165) is 23.8 Å². The van der Waals surface area contributed by atoms with Crippen LogP contribution in [0.4, 0.5) is 0 Å². The van der Waals surface area contributed by atoms with Crippen LogP contribution in [0, 0.1) is 0 Å². The van der Waals surface area contributed by atoms with Gasteiger partial charge in [-0.2, -0.15) is 0 Å². The Kier molecular flexibility index (Phi) is 4.20. The first kappa shape index (κ1) is 12.2. The highest BCUT2D eigenvalue weighted by molar-refractivity contribution is 7.80. The molecule has 0 radical (unpaired) electrons. The molecule has 0 atom stereocenters. The summed E-state index contributed by atoms with van der Waals surface area (Å²) >= 11 is 5.19. The largest absolute Gasteiger partial charge is 0.496 e. The van der Waals surface area contributed by atoms with E-state index in [0.29, 0.717) is 6.04 Å². The van der Waals surface area contributed by atoms with Gasteiger partial charge in [0.05, 0.1) is 7.11 Å². The molecule has 0 aromatic heterocycles. The second kappa shape index (κ2) is 5.87. The molecular weight excluding hydrogens is 232 g/mol. The van der Waals surface area contributed by atoms with Crippen LogP contribution in [0.15, 0.2) is 24.3 Å². The van der Waals surface area contributed by atoms with Crippen molar-refractivity contribution in [2.45, 2.75) is 25.3 Å². The third kappa shape index (κ3) is 3.89. The summed E-state index contributed by atoms with van der Waals surface area (Å²) in [5.41, 5.74) is 1.21. The molecule has 0 saturated heterocycles. The Labute approximate surface area is 108 Å². The molecule has 17 heavy (non-hydrogen) atoms. The number of thiocarbonyl (C=S) groups is 1. The predicted octanol–water partition coefficient (Wildman–Crippen LogP) is 1.86. The van der Waals surface area contributed by atoms with E-state index in [4.69, 9.17) is 17.0 Å². The van der Waals surface area contributed by atoms with E-state index in [9.17, 15) is 0 Å². The number of hydrogen-bond donors (Lipinski definition) is 2. The standard InChI is InChI=1S/C13H18N2OS/c1-16-12-5-3-2-4-10(12)8-9-14-13(17)15-11-6-7-11/h2-5,11H,6-9H2,1H3,(H2,14,15,17). The Hall–Kier alpha value is -1.29. The number of ether oxygens (including phenoxy) is 1. The molecule has 3 nitrogen and oxygen atoms in total. The SMILES string of the molecule is COc1ccccc1CCNC(=S)NC1CC1. The topological polar surface area (TPSA) is 33.3 Å². The van der Waals surface area contributed by atoms with Gasteiger partial charge in [0.25, 0.3) is 0 Å². The first-order valence-electron chi connectivity index (χ1n) is 5.96. The normalized spacial score (nSPS) is 14.2. The van der Waals surface area contributed by atoms with Crippen LogP contribution < -0.4 is 15.4 Å². The maximum atomic E-state index is 5.30. The first-order chi connectivity index (χ1) is 8.29. The second-order valence-electron chi connectivity index (χ2n) is 4.24.